The topological polar surface area (TPSA) is 98.9 Å². The Hall–Kier alpha value is -2.55. The molecule has 5 rings (SSSR count). The van der Waals surface area contributed by atoms with Crippen molar-refractivity contribution in [2.45, 2.75) is 57.9 Å². The van der Waals surface area contributed by atoms with Crippen molar-refractivity contribution in [1.82, 2.24) is 35.2 Å². The SMILES string of the molecule is Cc1noc(C)c1-c1noc(C2CCc3nnn(C4CCN(C)CC4)c3C2)n1. The molecule has 148 valence electrons. The van der Waals surface area contributed by atoms with Crippen molar-refractivity contribution in [3.05, 3.63) is 28.7 Å². The largest absolute Gasteiger partial charge is 0.361 e. The second-order valence-corrected chi connectivity index (χ2v) is 8.06. The van der Waals surface area contributed by atoms with Crippen molar-refractivity contribution in [1.29, 1.82) is 0 Å². The van der Waals surface area contributed by atoms with E-state index in [1.54, 1.807) is 0 Å². The highest BCUT2D eigenvalue weighted by atomic mass is 16.5. The number of nitrogens with zero attached hydrogens (tertiary/aromatic N) is 7. The van der Waals surface area contributed by atoms with Crippen molar-refractivity contribution in [2.24, 2.45) is 0 Å². The first-order valence-corrected chi connectivity index (χ1v) is 9.98. The molecule has 0 bridgehead atoms. The van der Waals surface area contributed by atoms with Gasteiger partial charge in [0.25, 0.3) is 0 Å². The number of rotatable bonds is 3. The molecule has 0 amide bonds. The molecule has 0 radical (unpaired) electrons. The molecular weight excluding hydrogens is 358 g/mol. The molecule has 1 atom stereocenters. The van der Waals surface area contributed by atoms with Crippen LogP contribution in [0.5, 0.6) is 0 Å². The molecule has 0 N–H and O–H groups in total. The fourth-order valence-electron chi connectivity index (χ4n) is 4.45. The van der Waals surface area contributed by atoms with Crippen LogP contribution in [-0.4, -0.2) is 55.3 Å². The zero-order valence-electron chi connectivity index (χ0n) is 16.6. The molecule has 0 aromatic carbocycles. The Morgan fingerprint density at radius 1 is 1.04 bits per heavy atom. The van der Waals surface area contributed by atoms with Crippen LogP contribution in [0.3, 0.4) is 0 Å². The van der Waals surface area contributed by atoms with E-state index >= 15 is 0 Å². The van der Waals surface area contributed by atoms with Gasteiger partial charge in [-0.05, 0) is 59.7 Å². The van der Waals surface area contributed by atoms with Gasteiger partial charge < -0.3 is 13.9 Å². The van der Waals surface area contributed by atoms with Crippen LogP contribution in [-0.2, 0) is 12.8 Å². The fraction of sp³-hybridized carbons (Fsp3) is 0.632. The molecule has 3 aromatic rings. The van der Waals surface area contributed by atoms with E-state index in [0.717, 1.165) is 62.1 Å². The summed E-state index contributed by atoms with van der Waals surface area (Å²) in [6.07, 6.45) is 4.93. The third kappa shape index (κ3) is 2.94. The Kier molecular flexibility index (Phi) is 4.26. The molecule has 1 unspecified atom stereocenters. The molecule has 28 heavy (non-hydrogen) atoms. The van der Waals surface area contributed by atoms with Gasteiger partial charge >= 0.3 is 0 Å². The van der Waals surface area contributed by atoms with Crippen LogP contribution in [0.2, 0.25) is 0 Å². The van der Waals surface area contributed by atoms with Crippen LogP contribution >= 0.6 is 0 Å². The summed E-state index contributed by atoms with van der Waals surface area (Å²) in [4.78, 5) is 7.05. The van der Waals surface area contributed by atoms with Crippen LogP contribution in [0.15, 0.2) is 9.05 Å². The van der Waals surface area contributed by atoms with Crippen LogP contribution in [0.25, 0.3) is 11.4 Å². The zero-order valence-corrected chi connectivity index (χ0v) is 16.6. The van der Waals surface area contributed by atoms with Gasteiger partial charge in [-0.3, -0.25) is 0 Å². The van der Waals surface area contributed by atoms with Crippen molar-refractivity contribution in [3.8, 4) is 11.4 Å². The Morgan fingerprint density at radius 2 is 1.86 bits per heavy atom. The number of aromatic nitrogens is 6. The molecule has 1 aliphatic carbocycles. The highest BCUT2D eigenvalue weighted by Gasteiger charge is 2.32. The standard InChI is InChI=1S/C19H25N7O2/c1-11-17(12(2)27-22-11)18-20-19(28-23-18)13-4-5-15-16(10-13)26(24-21-15)14-6-8-25(3)9-7-14/h13-14H,4-10H2,1-3H3. The predicted octanol–water partition coefficient (Wildman–Crippen LogP) is 2.47. The average Bonchev–Trinajstić information content (AvgIpc) is 3.41. The van der Waals surface area contributed by atoms with Gasteiger partial charge in [0.2, 0.25) is 11.7 Å². The second kappa shape index (κ2) is 6.80. The summed E-state index contributed by atoms with van der Waals surface area (Å²) >= 11 is 0. The van der Waals surface area contributed by atoms with Gasteiger partial charge in [0.1, 0.15) is 5.76 Å². The Labute approximate surface area is 163 Å². The number of piperidine rings is 1. The number of likely N-dealkylation sites (tertiary alicyclic amines) is 1. The van der Waals surface area contributed by atoms with E-state index in [1.165, 1.54) is 5.69 Å². The number of hydrogen-bond acceptors (Lipinski definition) is 8. The molecule has 0 spiro atoms. The zero-order chi connectivity index (χ0) is 19.3. The summed E-state index contributed by atoms with van der Waals surface area (Å²) in [5, 5.41) is 17.1. The molecule has 1 saturated heterocycles. The van der Waals surface area contributed by atoms with Crippen molar-refractivity contribution < 1.29 is 9.05 Å². The van der Waals surface area contributed by atoms with E-state index in [-0.39, 0.29) is 5.92 Å². The van der Waals surface area contributed by atoms with Crippen molar-refractivity contribution in [3.63, 3.8) is 0 Å². The third-order valence-electron chi connectivity index (χ3n) is 6.12. The monoisotopic (exact) mass is 383 g/mol. The van der Waals surface area contributed by atoms with Gasteiger partial charge in [-0.15, -0.1) is 5.10 Å². The van der Waals surface area contributed by atoms with E-state index in [1.807, 2.05) is 13.8 Å². The minimum Gasteiger partial charge on any atom is -0.361 e. The van der Waals surface area contributed by atoms with Gasteiger partial charge in [-0.2, -0.15) is 4.98 Å². The van der Waals surface area contributed by atoms with Gasteiger partial charge in [-0.1, -0.05) is 15.5 Å². The first kappa shape index (κ1) is 17.5. The van der Waals surface area contributed by atoms with Gasteiger partial charge in [0.15, 0.2) is 0 Å². The maximum absolute atomic E-state index is 5.64. The number of hydrogen-bond donors (Lipinski definition) is 0. The minimum absolute atomic E-state index is 0.192. The molecule has 2 aliphatic rings. The van der Waals surface area contributed by atoms with Gasteiger partial charge in [0, 0.05) is 12.3 Å². The Bertz CT molecular complexity index is 961. The van der Waals surface area contributed by atoms with Crippen molar-refractivity contribution in [2.75, 3.05) is 20.1 Å². The van der Waals surface area contributed by atoms with E-state index in [0.29, 0.717) is 23.5 Å². The first-order valence-electron chi connectivity index (χ1n) is 9.98. The smallest absolute Gasteiger partial charge is 0.230 e. The lowest BCUT2D eigenvalue weighted by Gasteiger charge is -2.30. The quantitative estimate of drug-likeness (QED) is 0.680. The predicted molar refractivity (Wildman–Crippen MR) is 99.8 cm³/mol. The summed E-state index contributed by atoms with van der Waals surface area (Å²) in [5.41, 5.74) is 3.97. The summed E-state index contributed by atoms with van der Waals surface area (Å²) in [5.74, 6) is 2.13. The van der Waals surface area contributed by atoms with Gasteiger partial charge in [-0.25, -0.2) is 4.68 Å². The highest BCUT2D eigenvalue weighted by molar-refractivity contribution is 5.59. The molecular formula is C19H25N7O2. The highest BCUT2D eigenvalue weighted by Crippen LogP contribution is 2.35. The second-order valence-electron chi connectivity index (χ2n) is 8.06. The van der Waals surface area contributed by atoms with E-state index in [2.05, 4.69) is 42.2 Å². The molecule has 1 aliphatic heterocycles. The lowest BCUT2D eigenvalue weighted by Crippen LogP contribution is -2.33. The molecule has 0 saturated carbocycles. The maximum atomic E-state index is 5.64. The molecule has 1 fully saturated rings. The Balaban J connectivity index is 1.39. The van der Waals surface area contributed by atoms with Crippen LogP contribution in [0.1, 0.15) is 60.0 Å². The van der Waals surface area contributed by atoms with Gasteiger partial charge in [0.05, 0.1) is 28.7 Å². The van der Waals surface area contributed by atoms with E-state index in [9.17, 15) is 0 Å². The molecule has 9 nitrogen and oxygen atoms in total. The van der Waals surface area contributed by atoms with Crippen molar-refractivity contribution >= 4 is 0 Å². The first-order chi connectivity index (χ1) is 13.6. The summed E-state index contributed by atoms with van der Waals surface area (Å²) in [6.45, 7) is 5.96. The van der Waals surface area contributed by atoms with E-state index < -0.39 is 0 Å². The van der Waals surface area contributed by atoms with Crippen LogP contribution in [0, 0.1) is 13.8 Å². The van der Waals surface area contributed by atoms with Crippen LogP contribution < -0.4 is 0 Å². The Morgan fingerprint density at radius 3 is 2.61 bits per heavy atom. The molecule has 4 heterocycles. The average molecular weight is 383 g/mol. The fourth-order valence-corrected chi connectivity index (χ4v) is 4.45. The molecule has 9 heteroatoms. The number of aryl methyl sites for hydroxylation is 3. The van der Waals surface area contributed by atoms with Crippen LogP contribution in [0.4, 0.5) is 0 Å². The van der Waals surface area contributed by atoms with E-state index in [4.69, 9.17) is 9.05 Å². The summed E-state index contributed by atoms with van der Waals surface area (Å²) in [7, 11) is 2.18. The summed E-state index contributed by atoms with van der Waals surface area (Å²) < 4.78 is 13.0. The molecule has 3 aromatic heterocycles. The summed E-state index contributed by atoms with van der Waals surface area (Å²) in [6, 6.07) is 0.437. The lowest BCUT2D eigenvalue weighted by molar-refractivity contribution is 0.207. The lowest BCUT2D eigenvalue weighted by atomic mass is 9.89. The third-order valence-corrected chi connectivity index (χ3v) is 6.12. The normalized spacial score (nSPS) is 21.2. The minimum atomic E-state index is 0.192. The maximum Gasteiger partial charge on any atom is 0.230 e. The number of fused-ring (bicyclic) bond motifs is 1.